The van der Waals surface area contributed by atoms with Gasteiger partial charge in [0.25, 0.3) is 0 Å². The van der Waals surface area contributed by atoms with Crippen molar-refractivity contribution in [2.75, 3.05) is 18.5 Å². The molecular formula is C13H18N4O. The van der Waals surface area contributed by atoms with Crippen molar-refractivity contribution >= 4 is 5.82 Å². The van der Waals surface area contributed by atoms with Crippen LogP contribution in [-0.4, -0.2) is 28.5 Å². The predicted octanol–water partition coefficient (Wildman–Crippen LogP) is 1.54. The molecule has 0 bridgehead atoms. The van der Waals surface area contributed by atoms with Crippen LogP contribution < -0.4 is 5.32 Å². The quantitative estimate of drug-likeness (QED) is 0.823. The highest BCUT2D eigenvalue weighted by Crippen LogP contribution is 2.48. The number of aromatic nitrogens is 2. The van der Waals surface area contributed by atoms with Gasteiger partial charge in [-0.1, -0.05) is 0 Å². The van der Waals surface area contributed by atoms with Crippen LogP contribution in [0.25, 0.3) is 0 Å². The van der Waals surface area contributed by atoms with E-state index in [1.54, 1.807) is 0 Å². The number of rotatable bonds is 5. The van der Waals surface area contributed by atoms with Crippen LogP contribution in [0.5, 0.6) is 0 Å². The molecule has 1 aliphatic rings. The molecule has 1 saturated carbocycles. The molecule has 0 aliphatic heterocycles. The fourth-order valence-corrected chi connectivity index (χ4v) is 2.07. The summed E-state index contributed by atoms with van der Waals surface area (Å²) in [5.74, 6) is 0.560. The van der Waals surface area contributed by atoms with Crippen molar-refractivity contribution in [1.29, 1.82) is 5.26 Å². The summed E-state index contributed by atoms with van der Waals surface area (Å²) < 4.78 is 0. The van der Waals surface area contributed by atoms with E-state index in [1.807, 2.05) is 13.8 Å². The highest BCUT2D eigenvalue weighted by Gasteiger charge is 2.41. The van der Waals surface area contributed by atoms with E-state index in [9.17, 15) is 5.26 Å². The van der Waals surface area contributed by atoms with E-state index in [0.717, 1.165) is 37.1 Å². The van der Waals surface area contributed by atoms with Gasteiger partial charge in [0.05, 0.1) is 5.69 Å². The SMILES string of the molecule is Cc1nnc(NCC2(CCO)CC2)c(C#N)c1C. The number of aliphatic hydroxyl groups is 1. The summed E-state index contributed by atoms with van der Waals surface area (Å²) in [6.07, 6.45) is 3.06. The summed E-state index contributed by atoms with van der Waals surface area (Å²) in [5.41, 5.74) is 2.43. The van der Waals surface area contributed by atoms with Crippen molar-refractivity contribution in [1.82, 2.24) is 10.2 Å². The summed E-state index contributed by atoms with van der Waals surface area (Å²) in [6, 6.07) is 2.18. The van der Waals surface area contributed by atoms with Crippen LogP contribution in [0.2, 0.25) is 0 Å². The second-order valence-corrected chi connectivity index (χ2v) is 5.07. The fraction of sp³-hybridized carbons (Fsp3) is 0.615. The van der Waals surface area contributed by atoms with Gasteiger partial charge in [-0.15, -0.1) is 5.10 Å². The molecule has 0 amide bonds. The molecule has 2 rings (SSSR count). The lowest BCUT2D eigenvalue weighted by Crippen LogP contribution is -2.18. The Bertz CT molecular complexity index is 488. The average Bonchev–Trinajstić information content (AvgIpc) is 3.11. The van der Waals surface area contributed by atoms with E-state index in [0.29, 0.717) is 11.4 Å². The van der Waals surface area contributed by atoms with Gasteiger partial charge in [0, 0.05) is 13.2 Å². The average molecular weight is 246 g/mol. The topological polar surface area (TPSA) is 81.8 Å². The third kappa shape index (κ3) is 2.44. The molecule has 2 N–H and O–H groups in total. The number of aryl methyl sites for hydroxylation is 1. The van der Waals surface area contributed by atoms with Crippen LogP contribution in [0.4, 0.5) is 5.82 Å². The van der Waals surface area contributed by atoms with Crippen molar-refractivity contribution in [3.05, 3.63) is 16.8 Å². The van der Waals surface area contributed by atoms with E-state index in [2.05, 4.69) is 21.6 Å². The van der Waals surface area contributed by atoms with E-state index in [4.69, 9.17) is 5.11 Å². The molecule has 1 heterocycles. The molecule has 0 radical (unpaired) electrons. The first kappa shape index (κ1) is 12.8. The number of anilines is 1. The van der Waals surface area contributed by atoms with E-state index in [-0.39, 0.29) is 12.0 Å². The van der Waals surface area contributed by atoms with Crippen LogP contribution in [0.15, 0.2) is 0 Å². The lowest BCUT2D eigenvalue weighted by atomic mass is 10.0. The van der Waals surface area contributed by atoms with E-state index in [1.165, 1.54) is 0 Å². The maximum Gasteiger partial charge on any atom is 0.166 e. The summed E-state index contributed by atoms with van der Waals surface area (Å²) in [7, 11) is 0. The molecular weight excluding hydrogens is 228 g/mol. The number of hydrogen-bond acceptors (Lipinski definition) is 5. The van der Waals surface area contributed by atoms with Crippen molar-refractivity contribution in [3.63, 3.8) is 0 Å². The summed E-state index contributed by atoms with van der Waals surface area (Å²) in [6.45, 7) is 4.69. The molecule has 1 aromatic rings. The van der Waals surface area contributed by atoms with Gasteiger partial charge >= 0.3 is 0 Å². The van der Waals surface area contributed by atoms with Crippen molar-refractivity contribution in [2.45, 2.75) is 33.1 Å². The molecule has 0 aromatic carbocycles. The number of nitriles is 1. The third-order valence-corrected chi connectivity index (χ3v) is 3.80. The van der Waals surface area contributed by atoms with Crippen LogP contribution in [0.3, 0.4) is 0 Å². The Hall–Kier alpha value is -1.67. The van der Waals surface area contributed by atoms with Crippen LogP contribution in [-0.2, 0) is 0 Å². The largest absolute Gasteiger partial charge is 0.396 e. The Kier molecular flexibility index (Phi) is 3.48. The molecule has 5 nitrogen and oxygen atoms in total. The normalized spacial score (nSPS) is 16.1. The van der Waals surface area contributed by atoms with Gasteiger partial charge in [-0.3, -0.25) is 0 Å². The number of nitrogens with one attached hydrogen (secondary N) is 1. The van der Waals surface area contributed by atoms with Gasteiger partial charge in [0.15, 0.2) is 5.82 Å². The number of aliphatic hydroxyl groups excluding tert-OH is 1. The molecule has 0 spiro atoms. The molecule has 0 unspecified atom stereocenters. The van der Waals surface area contributed by atoms with Crippen LogP contribution >= 0.6 is 0 Å². The molecule has 18 heavy (non-hydrogen) atoms. The molecule has 0 saturated heterocycles. The van der Waals surface area contributed by atoms with Gasteiger partial charge in [0.1, 0.15) is 11.6 Å². The second-order valence-electron chi connectivity index (χ2n) is 5.07. The summed E-state index contributed by atoms with van der Waals surface area (Å²) >= 11 is 0. The molecule has 96 valence electrons. The summed E-state index contributed by atoms with van der Waals surface area (Å²) in [4.78, 5) is 0. The fourth-order valence-electron chi connectivity index (χ4n) is 2.07. The lowest BCUT2D eigenvalue weighted by Gasteiger charge is -2.16. The van der Waals surface area contributed by atoms with Crippen molar-refractivity contribution in [2.24, 2.45) is 5.41 Å². The van der Waals surface area contributed by atoms with Gasteiger partial charge in [0.2, 0.25) is 0 Å². The molecule has 1 aliphatic carbocycles. The van der Waals surface area contributed by atoms with Gasteiger partial charge in [-0.2, -0.15) is 10.4 Å². The second kappa shape index (κ2) is 4.91. The monoisotopic (exact) mass is 246 g/mol. The first-order chi connectivity index (χ1) is 8.62. The smallest absolute Gasteiger partial charge is 0.166 e. The van der Waals surface area contributed by atoms with Gasteiger partial charge in [-0.25, -0.2) is 0 Å². The lowest BCUT2D eigenvalue weighted by molar-refractivity contribution is 0.253. The van der Waals surface area contributed by atoms with Crippen LogP contribution in [0, 0.1) is 30.6 Å². The first-order valence-corrected chi connectivity index (χ1v) is 6.20. The zero-order valence-corrected chi connectivity index (χ0v) is 10.8. The Morgan fingerprint density at radius 3 is 2.67 bits per heavy atom. The zero-order chi connectivity index (χ0) is 13.2. The van der Waals surface area contributed by atoms with Gasteiger partial charge in [-0.05, 0) is 44.1 Å². The maximum absolute atomic E-state index is 9.17. The third-order valence-electron chi connectivity index (χ3n) is 3.80. The minimum absolute atomic E-state index is 0.196. The zero-order valence-electron chi connectivity index (χ0n) is 10.8. The molecule has 1 aromatic heterocycles. The Morgan fingerprint density at radius 2 is 2.11 bits per heavy atom. The number of hydrogen-bond donors (Lipinski definition) is 2. The van der Waals surface area contributed by atoms with E-state index < -0.39 is 0 Å². The Morgan fingerprint density at radius 1 is 1.39 bits per heavy atom. The molecule has 1 fully saturated rings. The highest BCUT2D eigenvalue weighted by molar-refractivity contribution is 5.55. The van der Waals surface area contributed by atoms with E-state index >= 15 is 0 Å². The predicted molar refractivity (Wildman–Crippen MR) is 68.1 cm³/mol. The Labute approximate surface area is 107 Å². The summed E-state index contributed by atoms with van der Waals surface area (Å²) in [5, 5.41) is 29.5. The molecule has 5 heteroatoms. The maximum atomic E-state index is 9.17. The Balaban J connectivity index is 2.11. The first-order valence-electron chi connectivity index (χ1n) is 6.20. The van der Waals surface area contributed by atoms with Crippen molar-refractivity contribution in [3.8, 4) is 6.07 Å². The standard InChI is InChI=1S/C13H18N4O/c1-9-10(2)16-17-12(11(9)7-14)15-8-13(3-4-13)5-6-18/h18H,3-6,8H2,1-2H3,(H,15,17). The van der Waals surface area contributed by atoms with Crippen LogP contribution in [0.1, 0.15) is 36.1 Å². The highest BCUT2D eigenvalue weighted by atomic mass is 16.3. The van der Waals surface area contributed by atoms with Gasteiger partial charge < -0.3 is 10.4 Å². The van der Waals surface area contributed by atoms with Crippen molar-refractivity contribution < 1.29 is 5.11 Å². The minimum Gasteiger partial charge on any atom is -0.396 e. The number of nitrogens with zero attached hydrogens (tertiary/aromatic N) is 3. The molecule has 0 atom stereocenters. The minimum atomic E-state index is 0.196.